The molecule has 0 bridgehead atoms. The molecule has 33 heavy (non-hydrogen) atoms. The topological polar surface area (TPSA) is 41.6 Å². The predicted octanol–water partition coefficient (Wildman–Crippen LogP) is 6.53. The fraction of sp³-hybridized carbons (Fsp3) is 0.269. The van der Waals surface area contributed by atoms with E-state index in [0.29, 0.717) is 23.6 Å². The molecule has 0 saturated carbocycles. The van der Waals surface area contributed by atoms with E-state index in [9.17, 15) is 18.0 Å². The zero-order valence-electron chi connectivity index (χ0n) is 18.1. The monoisotopic (exact) mass is 454 g/mol. The quantitative estimate of drug-likeness (QED) is 0.461. The number of benzene rings is 3. The number of nitrogens with one attached hydrogen (secondary N) is 1. The first-order chi connectivity index (χ1) is 15.9. The van der Waals surface area contributed by atoms with Crippen molar-refractivity contribution in [3.63, 3.8) is 0 Å². The van der Waals surface area contributed by atoms with Gasteiger partial charge in [-0.2, -0.15) is 13.2 Å². The molecule has 3 aromatic carbocycles. The Morgan fingerprint density at radius 3 is 2.27 bits per heavy atom. The molecule has 0 aliphatic carbocycles. The van der Waals surface area contributed by atoms with Crippen molar-refractivity contribution in [2.24, 2.45) is 0 Å². The molecule has 3 aromatic rings. The maximum Gasteiger partial charge on any atom is 0.416 e. The second-order valence-electron chi connectivity index (χ2n) is 8.03. The maximum atomic E-state index is 13.3. The molecule has 1 aliphatic heterocycles. The molecular weight excluding hydrogens is 429 g/mol. The highest BCUT2D eigenvalue weighted by Gasteiger charge is 2.32. The third-order valence-electron chi connectivity index (χ3n) is 5.63. The lowest BCUT2D eigenvalue weighted by atomic mass is 10.1. The van der Waals surface area contributed by atoms with Gasteiger partial charge in [0.2, 0.25) is 0 Å². The fourth-order valence-electron chi connectivity index (χ4n) is 3.86. The molecule has 172 valence electrons. The molecule has 0 aromatic heterocycles. The average molecular weight is 454 g/mol. The zero-order valence-corrected chi connectivity index (χ0v) is 18.1. The average Bonchev–Trinajstić information content (AvgIpc) is 2.83. The highest BCUT2D eigenvalue weighted by Crippen LogP contribution is 2.36. The standard InChI is InChI=1S/C26H25F3N2O2/c27-26(28,29)21-11-14-24(31-15-5-2-6-16-31)23(17-21)30-25(32)20-9-12-22(13-10-20)33-18-19-7-3-1-4-8-19/h1,3-4,7-14,17H,2,5-6,15-16,18H2,(H,30,32). The van der Waals surface area contributed by atoms with E-state index in [2.05, 4.69) is 5.32 Å². The summed E-state index contributed by atoms with van der Waals surface area (Å²) in [5.74, 6) is 0.130. The van der Waals surface area contributed by atoms with Crippen LogP contribution in [-0.2, 0) is 12.8 Å². The largest absolute Gasteiger partial charge is 0.489 e. The summed E-state index contributed by atoms with van der Waals surface area (Å²) >= 11 is 0. The van der Waals surface area contributed by atoms with Crippen molar-refractivity contribution in [3.05, 3.63) is 89.5 Å². The Labute approximate surface area is 191 Å². The zero-order chi connectivity index (χ0) is 23.3. The van der Waals surface area contributed by atoms with Crippen molar-refractivity contribution < 1.29 is 22.7 Å². The summed E-state index contributed by atoms with van der Waals surface area (Å²) in [4.78, 5) is 14.9. The summed E-state index contributed by atoms with van der Waals surface area (Å²) in [6.45, 7) is 1.90. The molecule has 1 fully saturated rings. The van der Waals surface area contributed by atoms with Gasteiger partial charge in [-0.3, -0.25) is 4.79 Å². The minimum absolute atomic E-state index is 0.168. The molecule has 0 radical (unpaired) electrons. The van der Waals surface area contributed by atoms with Crippen LogP contribution in [0.15, 0.2) is 72.8 Å². The molecule has 0 unspecified atom stereocenters. The van der Waals surface area contributed by atoms with Crippen LogP contribution >= 0.6 is 0 Å². The molecule has 0 spiro atoms. The van der Waals surface area contributed by atoms with Gasteiger partial charge in [-0.1, -0.05) is 30.3 Å². The van der Waals surface area contributed by atoms with E-state index in [1.54, 1.807) is 24.3 Å². The first kappa shape index (κ1) is 22.7. The third kappa shape index (κ3) is 5.86. The third-order valence-corrected chi connectivity index (χ3v) is 5.63. The molecule has 1 N–H and O–H groups in total. The summed E-state index contributed by atoms with van der Waals surface area (Å²) in [6.07, 6.45) is -1.45. The van der Waals surface area contributed by atoms with Gasteiger partial charge in [0, 0.05) is 18.7 Å². The number of amides is 1. The maximum absolute atomic E-state index is 13.3. The summed E-state index contributed by atoms with van der Waals surface area (Å²) in [7, 11) is 0. The van der Waals surface area contributed by atoms with Crippen LogP contribution in [0, 0.1) is 0 Å². The Balaban J connectivity index is 1.49. The number of piperidine rings is 1. The smallest absolute Gasteiger partial charge is 0.416 e. The summed E-state index contributed by atoms with van der Waals surface area (Å²) in [5.41, 5.74) is 1.35. The summed E-state index contributed by atoms with van der Waals surface area (Å²) in [6, 6.07) is 19.8. The van der Waals surface area contributed by atoms with Crippen molar-refractivity contribution in [2.75, 3.05) is 23.3 Å². The van der Waals surface area contributed by atoms with Crippen molar-refractivity contribution in [2.45, 2.75) is 32.0 Å². The lowest BCUT2D eigenvalue weighted by Crippen LogP contribution is -2.30. The van der Waals surface area contributed by atoms with Gasteiger partial charge in [0.05, 0.1) is 16.9 Å². The van der Waals surface area contributed by atoms with E-state index < -0.39 is 17.6 Å². The number of carbonyl (C=O) groups is 1. The van der Waals surface area contributed by atoms with Crippen LogP contribution in [0.1, 0.15) is 40.7 Å². The van der Waals surface area contributed by atoms with Gasteiger partial charge in [-0.25, -0.2) is 0 Å². The number of hydrogen-bond donors (Lipinski definition) is 1. The van der Waals surface area contributed by atoms with Crippen LogP contribution in [0.25, 0.3) is 0 Å². The summed E-state index contributed by atoms with van der Waals surface area (Å²) in [5, 5.41) is 2.69. The first-order valence-corrected chi connectivity index (χ1v) is 10.9. The number of hydrogen-bond acceptors (Lipinski definition) is 3. The predicted molar refractivity (Wildman–Crippen MR) is 123 cm³/mol. The number of halogens is 3. The molecule has 1 heterocycles. The molecule has 4 rings (SSSR count). The van der Waals surface area contributed by atoms with Crippen LogP contribution < -0.4 is 15.0 Å². The van der Waals surface area contributed by atoms with Gasteiger partial charge in [0.15, 0.2) is 0 Å². The Morgan fingerprint density at radius 2 is 1.61 bits per heavy atom. The van der Waals surface area contributed by atoms with Crippen molar-refractivity contribution in [3.8, 4) is 5.75 Å². The molecular formula is C26H25F3N2O2. The summed E-state index contributed by atoms with van der Waals surface area (Å²) < 4.78 is 45.6. The van der Waals surface area contributed by atoms with E-state index in [4.69, 9.17) is 4.74 Å². The minimum atomic E-state index is -4.49. The van der Waals surface area contributed by atoms with Crippen LogP contribution in [0.4, 0.5) is 24.5 Å². The van der Waals surface area contributed by atoms with Crippen molar-refractivity contribution in [1.29, 1.82) is 0 Å². The van der Waals surface area contributed by atoms with E-state index >= 15 is 0 Å². The molecule has 0 atom stereocenters. The molecule has 1 aliphatic rings. The Bertz CT molecular complexity index is 1080. The molecule has 7 heteroatoms. The van der Waals surface area contributed by atoms with E-state index in [1.165, 1.54) is 6.07 Å². The Hall–Kier alpha value is -3.48. The van der Waals surface area contributed by atoms with Crippen molar-refractivity contribution >= 4 is 17.3 Å². The van der Waals surface area contributed by atoms with Gasteiger partial charge in [-0.15, -0.1) is 0 Å². The number of anilines is 2. The lowest BCUT2D eigenvalue weighted by Gasteiger charge is -2.31. The molecule has 4 nitrogen and oxygen atoms in total. The first-order valence-electron chi connectivity index (χ1n) is 10.9. The van der Waals surface area contributed by atoms with Gasteiger partial charge in [0.1, 0.15) is 12.4 Å². The highest BCUT2D eigenvalue weighted by molar-refractivity contribution is 6.06. The van der Waals surface area contributed by atoms with Crippen LogP contribution in [0.5, 0.6) is 5.75 Å². The number of alkyl halides is 3. The Kier molecular flexibility index (Phi) is 6.87. The molecule has 1 amide bonds. The SMILES string of the molecule is O=C(Nc1cc(C(F)(F)F)ccc1N1CCCCC1)c1ccc(OCc2ccccc2)cc1. The van der Waals surface area contributed by atoms with Crippen LogP contribution in [0.3, 0.4) is 0 Å². The number of carbonyl (C=O) groups excluding carboxylic acids is 1. The second kappa shape index (κ2) is 9.98. The lowest BCUT2D eigenvalue weighted by molar-refractivity contribution is -0.137. The number of ether oxygens (including phenoxy) is 1. The van der Waals surface area contributed by atoms with Crippen LogP contribution in [0.2, 0.25) is 0 Å². The van der Waals surface area contributed by atoms with Gasteiger partial charge < -0.3 is 15.0 Å². The molecule has 1 saturated heterocycles. The van der Waals surface area contributed by atoms with Crippen LogP contribution in [-0.4, -0.2) is 19.0 Å². The highest BCUT2D eigenvalue weighted by atomic mass is 19.4. The van der Waals surface area contributed by atoms with E-state index in [-0.39, 0.29) is 5.69 Å². The van der Waals surface area contributed by atoms with E-state index in [1.807, 2.05) is 35.2 Å². The van der Waals surface area contributed by atoms with Crippen molar-refractivity contribution in [1.82, 2.24) is 0 Å². The van der Waals surface area contributed by atoms with Gasteiger partial charge >= 0.3 is 6.18 Å². The van der Waals surface area contributed by atoms with E-state index in [0.717, 1.165) is 50.0 Å². The second-order valence-corrected chi connectivity index (χ2v) is 8.03. The minimum Gasteiger partial charge on any atom is -0.489 e. The fourth-order valence-corrected chi connectivity index (χ4v) is 3.86. The Morgan fingerprint density at radius 1 is 0.909 bits per heavy atom. The number of nitrogens with zero attached hydrogens (tertiary/aromatic N) is 1. The van der Waals surface area contributed by atoms with Gasteiger partial charge in [-0.05, 0) is 67.3 Å². The van der Waals surface area contributed by atoms with Gasteiger partial charge in [0.25, 0.3) is 5.91 Å². The number of rotatable bonds is 6. The normalized spacial score (nSPS) is 14.1.